The van der Waals surface area contributed by atoms with Crippen LogP contribution in [0.4, 0.5) is 4.39 Å². The molecule has 0 spiro atoms. The number of rotatable bonds is 5. The fourth-order valence-electron chi connectivity index (χ4n) is 2.33. The van der Waals surface area contributed by atoms with Crippen molar-refractivity contribution in [1.29, 1.82) is 5.26 Å². The topological polar surface area (TPSA) is 59.0 Å². The third-order valence-corrected chi connectivity index (χ3v) is 4.18. The molecular weight excluding hydrogens is 359 g/mol. The SMILES string of the molecule is Cc1cc(C=C(C#N)C(N)=S)c(C)c(COc2ccc(F)cc2Cl)c1. The number of hydrogen-bond donors (Lipinski definition) is 1. The quantitative estimate of drug-likeness (QED) is 0.461. The minimum Gasteiger partial charge on any atom is -0.487 e. The lowest BCUT2D eigenvalue weighted by Crippen LogP contribution is -2.10. The van der Waals surface area contributed by atoms with E-state index in [1.807, 2.05) is 32.0 Å². The summed E-state index contributed by atoms with van der Waals surface area (Å²) < 4.78 is 18.8. The molecule has 0 aliphatic carbocycles. The molecule has 0 amide bonds. The Morgan fingerprint density at radius 3 is 2.68 bits per heavy atom. The van der Waals surface area contributed by atoms with Crippen LogP contribution >= 0.6 is 23.8 Å². The molecule has 25 heavy (non-hydrogen) atoms. The van der Waals surface area contributed by atoms with Crippen LogP contribution in [0.3, 0.4) is 0 Å². The van der Waals surface area contributed by atoms with E-state index in [-0.39, 0.29) is 22.2 Å². The lowest BCUT2D eigenvalue weighted by molar-refractivity contribution is 0.305. The van der Waals surface area contributed by atoms with Crippen LogP contribution in [0.5, 0.6) is 5.75 Å². The van der Waals surface area contributed by atoms with Gasteiger partial charge in [-0.1, -0.05) is 41.5 Å². The van der Waals surface area contributed by atoms with E-state index in [2.05, 4.69) is 0 Å². The average Bonchev–Trinajstić information content (AvgIpc) is 2.54. The van der Waals surface area contributed by atoms with Gasteiger partial charge in [-0.05, 0) is 54.8 Å². The summed E-state index contributed by atoms with van der Waals surface area (Å²) in [5, 5.41) is 9.35. The van der Waals surface area contributed by atoms with E-state index >= 15 is 0 Å². The molecular formula is C19H16ClFN2OS. The Morgan fingerprint density at radius 2 is 2.08 bits per heavy atom. The van der Waals surface area contributed by atoms with E-state index in [1.54, 1.807) is 6.08 Å². The van der Waals surface area contributed by atoms with Gasteiger partial charge in [0, 0.05) is 0 Å². The molecule has 6 heteroatoms. The normalized spacial score (nSPS) is 11.1. The maximum Gasteiger partial charge on any atom is 0.138 e. The van der Waals surface area contributed by atoms with E-state index in [0.717, 1.165) is 22.3 Å². The molecule has 0 aromatic heterocycles. The second kappa shape index (κ2) is 8.11. The van der Waals surface area contributed by atoms with Crippen LogP contribution in [0.2, 0.25) is 5.02 Å². The van der Waals surface area contributed by atoms with Crippen molar-refractivity contribution in [2.24, 2.45) is 5.73 Å². The largest absolute Gasteiger partial charge is 0.487 e. The minimum absolute atomic E-state index is 0.0549. The van der Waals surface area contributed by atoms with Crippen LogP contribution in [-0.2, 0) is 6.61 Å². The van der Waals surface area contributed by atoms with Crippen molar-refractivity contribution in [3.63, 3.8) is 0 Å². The number of ether oxygens (including phenoxy) is 1. The van der Waals surface area contributed by atoms with Crippen LogP contribution in [-0.4, -0.2) is 4.99 Å². The van der Waals surface area contributed by atoms with Crippen LogP contribution in [0.15, 0.2) is 35.9 Å². The highest BCUT2D eigenvalue weighted by molar-refractivity contribution is 7.80. The first-order chi connectivity index (χ1) is 11.8. The van der Waals surface area contributed by atoms with Crippen LogP contribution < -0.4 is 10.5 Å². The van der Waals surface area contributed by atoms with Crippen molar-refractivity contribution in [2.45, 2.75) is 20.5 Å². The summed E-state index contributed by atoms with van der Waals surface area (Å²) in [6, 6.07) is 9.91. The van der Waals surface area contributed by atoms with Gasteiger partial charge in [-0.2, -0.15) is 5.26 Å². The van der Waals surface area contributed by atoms with Crippen molar-refractivity contribution in [1.82, 2.24) is 0 Å². The van der Waals surface area contributed by atoms with E-state index in [4.69, 9.17) is 39.6 Å². The molecule has 0 unspecified atom stereocenters. The van der Waals surface area contributed by atoms with Crippen molar-refractivity contribution in [2.75, 3.05) is 0 Å². The Kier molecular flexibility index (Phi) is 6.13. The highest BCUT2D eigenvalue weighted by Gasteiger charge is 2.09. The summed E-state index contributed by atoms with van der Waals surface area (Å²) in [4.78, 5) is 0.0549. The molecule has 2 aromatic rings. The third kappa shape index (κ3) is 4.79. The summed E-state index contributed by atoms with van der Waals surface area (Å²) in [6.45, 7) is 4.12. The molecule has 0 aliphatic rings. The monoisotopic (exact) mass is 374 g/mol. The average molecular weight is 375 g/mol. The van der Waals surface area contributed by atoms with Crippen molar-refractivity contribution >= 4 is 34.9 Å². The maximum atomic E-state index is 13.1. The first-order valence-electron chi connectivity index (χ1n) is 7.41. The van der Waals surface area contributed by atoms with E-state index < -0.39 is 5.82 Å². The number of nitrogens with two attached hydrogens (primary N) is 1. The van der Waals surface area contributed by atoms with Crippen LogP contribution in [0, 0.1) is 31.0 Å². The third-order valence-electron chi connectivity index (χ3n) is 3.66. The Hall–Kier alpha value is -2.42. The second-order valence-corrected chi connectivity index (χ2v) is 6.38. The minimum atomic E-state index is -0.418. The molecule has 0 atom stereocenters. The zero-order valence-electron chi connectivity index (χ0n) is 13.8. The summed E-state index contributed by atoms with van der Waals surface area (Å²) in [5.41, 5.74) is 9.51. The number of hydrogen-bond acceptors (Lipinski definition) is 3. The Morgan fingerprint density at radius 1 is 1.36 bits per heavy atom. The van der Waals surface area contributed by atoms with Gasteiger partial charge in [-0.25, -0.2) is 4.39 Å². The lowest BCUT2D eigenvalue weighted by atomic mass is 9.98. The van der Waals surface area contributed by atoms with Gasteiger partial charge in [0.25, 0.3) is 0 Å². The molecule has 0 radical (unpaired) electrons. The van der Waals surface area contributed by atoms with Crippen LogP contribution in [0.25, 0.3) is 6.08 Å². The Bertz CT molecular complexity index is 903. The number of thiocarbonyl (C=S) groups is 1. The summed E-state index contributed by atoms with van der Waals surface area (Å²) in [5.74, 6) is -0.0137. The molecule has 128 valence electrons. The second-order valence-electron chi connectivity index (χ2n) is 5.54. The zero-order valence-corrected chi connectivity index (χ0v) is 15.3. The Balaban J connectivity index is 2.33. The first-order valence-corrected chi connectivity index (χ1v) is 8.20. The van der Waals surface area contributed by atoms with E-state index in [0.29, 0.717) is 5.75 Å². The molecule has 0 saturated heterocycles. The molecule has 0 heterocycles. The highest BCUT2D eigenvalue weighted by atomic mass is 35.5. The maximum absolute atomic E-state index is 13.1. The van der Waals surface area contributed by atoms with Gasteiger partial charge in [-0.3, -0.25) is 0 Å². The summed E-state index contributed by atoms with van der Waals surface area (Å²) in [6.07, 6.45) is 1.67. The molecule has 0 aliphatic heterocycles. The summed E-state index contributed by atoms with van der Waals surface area (Å²) in [7, 11) is 0. The number of nitrogens with zero attached hydrogens (tertiary/aromatic N) is 1. The molecule has 2 aromatic carbocycles. The van der Waals surface area contributed by atoms with Gasteiger partial charge in [0.1, 0.15) is 29.2 Å². The zero-order chi connectivity index (χ0) is 18.6. The van der Waals surface area contributed by atoms with Gasteiger partial charge in [0.05, 0.1) is 10.6 Å². The van der Waals surface area contributed by atoms with Crippen LogP contribution in [0.1, 0.15) is 22.3 Å². The molecule has 0 saturated carbocycles. The van der Waals surface area contributed by atoms with Gasteiger partial charge in [0.15, 0.2) is 0 Å². The van der Waals surface area contributed by atoms with Crippen molar-refractivity contribution in [3.8, 4) is 11.8 Å². The van der Waals surface area contributed by atoms with Crippen molar-refractivity contribution in [3.05, 3.63) is 69.0 Å². The molecule has 0 bridgehead atoms. The number of nitriles is 1. The fourth-order valence-corrected chi connectivity index (χ4v) is 2.65. The Labute approximate surface area is 156 Å². The van der Waals surface area contributed by atoms with Gasteiger partial charge < -0.3 is 10.5 Å². The lowest BCUT2D eigenvalue weighted by Gasteiger charge is -2.13. The predicted molar refractivity (Wildman–Crippen MR) is 102 cm³/mol. The van der Waals surface area contributed by atoms with Gasteiger partial charge in [0.2, 0.25) is 0 Å². The van der Waals surface area contributed by atoms with E-state index in [1.165, 1.54) is 18.2 Å². The predicted octanol–water partition coefficient (Wildman–Crippen LogP) is 4.87. The number of aryl methyl sites for hydroxylation is 1. The first kappa shape index (κ1) is 18.9. The standard InChI is InChI=1S/C19H16ClFN2OS/c1-11-5-13(7-14(9-22)19(23)25)12(2)15(6-11)10-24-18-4-3-16(21)8-17(18)20/h3-8H,10H2,1-2H3,(H2,23,25). The van der Waals surface area contributed by atoms with E-state index in [9.17, 15) is 4.39 Å². The van der Waals surface area contributed by atoms with Crippen molar-refractivity contribution < 1.29 is 9.13 Å². The van der Waals surface area contributed by atoms with Gasteiger partial charge >= 0.3 is 0 Å². The molecule has 3 nitrogen and oxygen atoms in total. The number of benzene rings is 2. The molecule has 2 N–H and O–H groups in total. The number of halogens is 2. The fraction of sp³-hybridized carbons (Fsp3) is 0.158. The summed E-state index contributed by atoms with van der Waals surface area (Å²) >= 11 is 10.9. The highest BCUT2D eigenvalue weighted by Crippen LogP contribution is 2.27. The smallest absolute Gasteiger partial charge is 0.138 e. The molecule has 2 rings (SSSR count). The molecule has 0 fully saturated rings. The van der Waals surface area contributed by atoms with Gasteiger partial charge in [-0.15, -0.1) is 0 Å².